The van der Waals surface area contributed by atoms with Crippen molar-refractivity contribution < 1.29 is 9.59 Å². The second kappa shape index (κ2) is 3.48. The van der Waals surface area contributed by atoms with Gasteiger partial charge in [0.1, 0.15) is 0 Å². The van der Waals surface area contributed by atoms with Crippen molar-refractivity contribution >= 4 is 11.7 Å². The highest BCUT2D eigenvalue weighted by Crippen LogP contribution is 2.07. The number of Topliss-reactive ketones (excluding diaryl/α,β-unsaturated/α-hetero) is 1. The summed E-state index contributed by atoms with van der Waals surface area (Å²) >= 11 is 0. The number of rotatable bonds is 2. The molecular formula is C7H12N2O2. The lowest BCUT2D eigenvalue weighted by molar-refractivity contribution is -0.137. The molecular weight excluding hydrogens is 144 g/mol. The van der Waals surface area contributed by atoms with Crippen molar-refractivity contribution in [3.8, 4) is 0 Å². The van der Waals surface area contributed by atoms with Gasteiger partial charge in [0.2, 0.25) is 5.78 Å². The highest BCUT2D eigenvalue weighted by molar-refractivity contribution is 6.37. The number of nitrogens with two attached hydrogens (primary N) is 1. The molecule has 1 saturated heterocycles. The van der Waals surface area contributed by atoms with Crippen molar-refractivity contribution in [2.45, 2.75) is 25.3 Å². The van der Waals surface area contributed by atoms with Crippen LogP contribution in [0.15, 0.2) is 0 Å². The molecule has 1 heterocycles. The molecule has 4 nitrogen and oxygen atoms in total. The first-order valence-corrected chi connectivity index (χ1v) is 3.79. The second-order valence-electron chi connectivity index (χ2n) is 2.73. The minimum atomic E-state index is -0.829. The van der Waals surface area contributed by atoms with E-state index in [1.807, 2.05) is 0 Å². The predicted molar refractivity (Wildman–Crippen MR) is 39.8 cm³/mol. The number of amides is 1. The number of piperidine rings is 1. The molecule has 4 heteroatoms. The summed E-state index contributed by atoms with van der Waals surface area (Å²) in [6, 6.07) is -0.318. The van der Waals surface area contributed by atoms with Crippen LogP contribution in [0.4, 0.5) is 0 Å². The van der Waals surface area contributed by atoms with Gasteiger partial charge in [-0.3, -0.25) is 9.59 Å². The molecule has 0 spiro atoms. The van der Waals surface area contributed by atoms with Gasteiger partial charge in [-0.2, -0.15) is 0 Å². The minimum absolute atomic E-state index is 0.318. The van der Waals surface area contributed by atoms with Crippen molar-refractivity contribution in [1.29, 1.82) is 0 Å². The normalized spacial score (nSPS) is 24.5. The van der Waals surface area contributed by atoms with E-state index in [1.165, 1.54) is 0 Å². The highest BCUT2D eigenvalue weighted by Gasteiger charge is 2.23. The van der Waals surface area contributed by atoms with E-state index in [9.17, 15) is 9.59 Å². The molecule has 0 aromatic carbocycles. The number of hydrogen-bond donors (Lipinski definition) is 2. The molecule has 1 rings (SSSR count). The van der Waals surface area contributed by atoms with E-state index in [-0.39, 0.29) is 6.04 Å². The maximum Gasteiger partial charge on any atom is 0.286 e. The standard InChI is InChI=1S/C7H12N2O2/c8-7(11)6(10)5-3-1-2-4-9-5/h5,9H,1-4H2,(H2,8,11). The molecule has 0 radical (unpaired) electrons. The number of ketones is 1. The monoisotopic (exact) mass is 156 g/mol. The Morgan fingerprint density at radius 3 is 2.55 bits per heavy atom. The van der Waals surface area contributed by atoms with Gasteiger partial charge in [0.05, 0.1) is 6.04 Å². The zero-order valence-electron chi connectivity index (χ0n) is 6.30. The third kappa shape index (κ3) is 2.01. The van der Waals surface area contributed by atoms with Crippen LogP contribution in [-0.2, 0) is 9.59 Å². The van der Waals surface area contributed by atoms with E-state index >= 15 is 0 Å². The summed E-state index contributed by atoms with van der Waals surface area (Å²) in [5.41, 5.74) is 4.84. The summed E-state index contributed by atoms with van der Waals surface area (Å²) in [4.78, 5) is 21.4. The lowest BCUT2D eigenvalue weighted by Gasteiger charge is -2.20. The summed E-state index contributed by atoms with van der Waals surface area (Å²) in [5, 5.41) is 2.95. The Morgan fingerprint density at radius 1 is 1.36 bits per heavy atom. The molecule has 1 unspecified atom stereocenters. The summed E-state index contributed by atoms with van der Waals surface area (Å²) in [6.45, 7) is 0.809. The first-order valence-electron chi connectivity index (χ1n) is 3.79. The number of nitrogens with one attached hydrogen (secondary N) is 1. The third-order valence-corrected chi connectivity index (χ3v) is 1.87. The van der Waals surface area contributed by atoms with E-state index in [4.69, 9.17) is 5.73 Å². The average molecular weight is 156 g/mol. The molecule has 0 aromatic rings. The summed E-state index contributed by atoms with van der Waals surface area (Å²) in [7, 11) is 0. The van der Waals surface area contributed by atoms with Crippen molar-refractivity contribution in [2.24, 2.45) is 5.73 Å². The van der Waals surface area contributed by atoms with Crippen molar-refractivity contribution in [3.63, 3.8) is 0 Å². The van der Waals surface area contributed by atoms with Gasteiger partial charge in [0.15, 0.2) is 0 Å². The molecule has 0 aliphatic carbocycles. The van der Waals surface area contributed by atoms with Gasteiger partial charge in [-0.25, -0.2) is 0 Å². The maximum absolute atomic E-state index is 11.0. The van der Waals surface area contributed by atoms with Crippen LogP contribution >= 0.6 is 0 Å². The zero-order valence-corrected chi connectivity index (χ0v) is 6.30. The van der Waals surface area contributed by atoms with Crippen molar-refractivity contribution in [3.05, 3.63) is 0 Å². The summed E-state index contributed by atoms with van der Waals surface area (Å²) in [6.07, 6.45) is 2.81. The molecule has 1 atom stereocenters. The third-order valence-electron chi connectivity index (χ3n) is 1.87. The summed E-state index contributed by atoms with van der Waals surface area (Å²) < 4.78 is 0. The number of primary amides is 1. The van der Waals surface area contributed by atoms with Crippen LogP contribution in [-0.4, -0.2) is 24.3 Å². The molecule has 3 N–H and O–H groups in total. The Balaban J connectivity index is 2.45. The lowest BCUT2D eigenvalue weighted by Crippen LogP contribution is -2.45. The quantitative estimate of drug-likeness (QED) is 0.513. The van der Waals surface area contributed by atoms with Gasteiger partial charge in [-0.15, -0.1) is 0 Å². The fraction of sp³-hybridized carbons (Fsp3) is 0.714. The largest absolute Gasteiger partial charge is 0.363 e. The minimum Gasteiger partial charge on any atom is -0.363 e. The van der Waals surface area contributed by atoms with Crippen LogP contribution in [0.3, 0.4) is 0 Å². The Hall–Kier alpha value is -0.900. The maximum atomic E-state index is 11.0. The smallest absolute Gasteiger partial charge is 0.286 e. The van der Waals surface area contributed by atoms with Gasteiger partial charge in [0, 0.05) is 0 Å². The second-order valence-corrected chi connectivity index (χ2v) is 2.73. The van der Waals surface area contributed by atoms with Gasteiger partial charge < -0.3 is 11.1 Å². The van der Waals surface area contributed by atoms with Gasteiger partial charge >= 0.3 is 0 Å². The zero-order chi connectivity index (χ0) is 8.27. The molecule has 0 bridgehead atoms. The number of carbonyl (C=O) groups is 2. The van der Waals surface area contributed by atoms with Crippen molar-refractivity contribution in [2.75, 3.05) is 6.54 Å². The SMILES string of the molecule is NC(=O)C(=O)C1CCCCN1. The Bertz CT molecular complexity index is 173. The van der Waals surface area contributed by atoms with Gasteiger partial charge in [-0.1, -0.05) is 6.42 Å². The molecule has 1 aliphatic heterocycles. The number of carbonyl (C=O) groups excluding carboxylic acids is 2. The molecule has 11 heavy (non-hydrogen) atoms. The van der Waals surface area contributed by atoms with Crippen LogP contribution in [0.5, 0.6) is 0 Å². The fourth-order valence-electron chi connectivity index (χ4n) is 1.25. The first-order chi connectivity index (χ1) is 5.22. The Kier molecular flexibility index (Phi) is 2.59. The molecule has 1 fully saturated rings. The summed E-state index contributed by atoms with van der Waals surface area (Å²) in [5.74, 6) is -1.31. The molecule has 1 aliphatic rings. The van der Waals surface area contributed by atoms with Crippen LogP contribution in [0.2, 0.25) is 0 Å². The van der Waals surface area contributed by atoms with E-state index in [0.717, 1.165) is 25.8 Å². The van der Waals surface area contributed by atoms with E-state index < -0.39 is 11.7 Å². The van der Waals surface area contributed by atoms with E-state index in [1.54, 1.807) is 0 Å². The topological polar surface area (TPSA) is 72.2 Å². The first kappa shape index (κ1) is 8.20. The van der Waals surface area contributed by atoms with E-state index in [2.05, 4.69) is 5.32 Å². The molecule has 0 saturated carbocycles. The predicted octanol–water partition coefficient (Wildman–Crippen LogP) is -0.817. The van der Waals surface area contributed by atoms with Gasteiger partial charge in [0.25, 0.3) is 5.91 Å². The Labute approximate surface area is 65.1 Å². The van der Waals surface area contributed by atoms with Crippen LogP contribution in [0, 0.1) is 0 Å². The average Bonchev–Trinajstić information content (AvgIpc) is 2.05. The molecule has 0 aromatic heterocycles. The molecule has 1 amide bonds. The van der Waals surface area contributed by atoms with Crippen LogP contribution < -0.4 is 11.1 Å². The lowest BCUT2D eigenvalue weighted by atomic mass is 10.0. The number of hydrogen-bond acceptors (Lipinski definition) is 3. The van der Waals surface area contributed by atoms with Crippen molar-refractivity contribution in [1.82, 2.24) is 5.32 Å². The van der Waals surface area contributed by atoms with E-state index in [0.29, 0.717) is 0 Å². The Morgan fingerprint density at radius 2 is 2.09 bits per heavy atom. The fourth-order valence-corrected chi connectivity index (χ4v) is 1.25. The van der Waals surface area contributed by atoms with Crippen LogP contribution in [0.25, 0.3) is 0 Å². The highest BCUT2D eigenvalue weighted by atomic mass is 16.2. The van der Waals surface area contributed by atoms with Crippen LogP contribution in [0.1, 0.15) is 19.3 Å². The van der Waals surface area contributed by atoms with Gasteiger partial charge in [-0.05, 0) is 19.4 Å². The molecule has 62 valence electrons.